The van der Waals surface area contributed by atoms with E-state index in [0.29, 0.717) is 159 Å². The van der Waals surface area contributed by atoms with Gasteiger partial charge in [0, 0.05) is 0 Å². The second kappa shape index (κ2) is 30.7. The Bertz CT molecular complexity index is 660. The highest BCUT2D eigenvalue weighted by atomic mass is 28.4. The Morgan fingerprint density at radius 2 is 0.292 bits per heavy atom. The minimum absolute atomic E-state index is 0.559. The smallest absolute Gasteiger partial charge is 0.331 e. The third-order valence-corrected chi connectivity index (χ3v) is 11.7. The van der Waals surface area contributed by atoms with E-state index in [2.05, 4.69) is 0 Å². The summed E-state index contributed by atoms with van der Waals surface area (Å²) in [4.78, 5) is 0. The lowest BCUT2D eigenvalue weighted by Gasteiger charge is -2.23. The summed E-state index contributed by atoms with van der Waals surface area (Å²) in [5, 5.41) is 0. The number of hydrogen-bond donors (Lipinski definition) is 0. The molecule has 48 heavy (non-hydrogen) atoms. The van der Waals surface area contributed by atoms with E-state index < -0.39 is 25.7 Å². The molecule has 0 aliphatic carbocycles. The summed E-state index contributed by atoms with van der Waals surface area (Å²) < 4.78 is 82.0. The van der Waals surface area contributed by atoms with E-state index >= 15 is 0 Å². The normalized spacial score (nSPS) is 25.9. The highest BCUT2D eigenvalue weighted by Gasteiger charge is 2.25. The summed E-state index contributed by atoms with van der Waals surface area (Å²) in [5.41, 5.74) is 0. The first-order valence-electron chi connectivity index (χ1n) is 17.2. The molecule has 0 spiro atoms. The SMILES string of the molecule is C[Si]1(C)OCCOCCOCCO1.C[Si]1(C)OCCOCCOCCOCCO1.C[Si]1(C)OCCOCCOCCOCCOCCO1. The first kappa shape index (κ1) is 46.1. The Labute approximate surface area is 292 Å². The van der Waals surface area contributed by atoms with Crippen LogP contribution in [0.25, 0.3) is 0 Å². The van der Waals surface area contributed by atoms with E-state index in [1.165, 1.54) is 0 Å². The Morgan fingerprint density at radius 1 is 0.188 bits per heavy atom. The molecule has 0 atom stereocenters. The van der Waals surface area contributed by atoms with Gasteiger partial charge in [-0.2, -0.15) is 0 Å². The molecule has 0 aromatic rings. The van der Waals surface area contributed by atoms with Gasteiger partial charge in [-0.1, -0.05) is 0 Å². The fourth-order valence-corrected chi connectivity index (χ4v) is 7.53. The Kier molecular flexibility index (Phi) is 29.4. The molecule has 0 aromatic carbocycles. The molecule has 0 saturated carbocycles. The van der Waals surface area contributed by atoms with E-state index in [1.807, 2.05) is 39.3 Å². The fourth-order valence-electron chi connectivity index (χ4n) is 3.83. The van der Waals surface area contributed by atoms with Gasteiger partial charge in [0.05, 0.1) is 159 Å². The van der Waals surface area contributed by atoms with Crippen molar-refractivity contribution in [1.29, 1.82) is 0 Å². The van der Waals surface area contributed by atoms with E-state index in [4.69, 9.17) is 69.2 Å². The van der Waals surface area contributed by atoms with Crippen LogP contribution in [0.5, 0.6) is 0 Å². The average molecular weight is 751 g/mol. The van der Waals surface area contributed by atoms with Crippen molar-refractivity contribution in [3.63, 3.8) is 0 Å². The molecule has 0 aromatic heterocycles. The largest absolute Gasteiger partial charge is 0.392 e. The molecule has 288 valence electrons. The van der Waals surface area contributed by atoms with Gasteiger partial charge in [-0.15, -0.1) is 0 Å². The number of ether oxygens (including phenoxy) is 9. The van der Waals surface area contributed by atoms with Crippen LogP contribution in [0.4, 0.5) is 0 Å². The third-order valence-electron chi connectivity index (χ3n) is 6.30. The molecule has 3 saturated heterocycles. The zero-order chi connectivity index (χ0) is 35.1. The van der Waals surface area contributed by atoms with Crippen LogP contribution in [0, 0.1) is 0 Å². The quantitative estimate of drug-likeness (QED) is 0.335. The van der Waals surface area contributed by atoms with Crippen molar-refractivity contribution < 1.29 is 69.2 Å². The number of hydrogen-bond acceptors (Lipinski definition) is 15. The summed E-state index contributed by atoms with van der Waals surface area (Å²) in [5.74, 6) is 0. The van der Waals surface area contributed by atoms with Gasteiger partial charge in [0.2, 0.25) is 0 Å². The van der Waals surface area contributed by atoms with E-state index in [0.717, 1.165) is 0 Å². The van der Waals surface area contributed by atoms with Gasteiger partial charge >= 0.3 is 25.7 Å². The second-order valence-electron chi connectivity index (χ2n) is 11.8. The van der Waals surface area contributed by atoms with Crippen LogP contribution in [-0.2, 0) is 69.2 Å². The lowest BCUT2D eigenvalue weighted by atomic mass is 10.7. The standard InChI is InChI=1S/C12H26O6Si.C10H22O5Si.C8H18O4Si/c1-19(2)17-11-9-15-7-5-13-3-4-14-6-8-16-10-12-18-19;1-16(2)14-9-7-12-5-3-11-4-6-13-8-10-15-16;1-13(2)11-7-5-9-3-4-10-6-8-12-13/h3-12H2,1-2H3;3-10H2,1-2H3;3-8H2,1-2H3. The van der Waals surface area contributed by atoms with Crippen molar-refractivity contribution >= 4 is 25.7 Å². The van der Waals surface area contributed by atoms with E-state index in [-0.39, 0.29) is 0 Å². The lowest BCUT2D eigenvalue weighted by Crippen LogP contribution is -2.37. The molecular weight excluding hydrogens is 685 g/mol. The molecule has 3 heterocycles. The molecular formula is C30H66O15Si3. The highest BCUT2D eigenvalue weighted by molar-refractivity contribution is 6.65. The molecule has 3 fully saturated rings. The monoisotopic (exact) mass is 750 g/mol. The summed E-state index contributed by atoms with van der Waals surface area (Å²) in [7, 11) is -5.95. The maximum absolute atomic E-state index is 5.73. The summed E-state index contributed by atoms with van der Waals surface area (Å²) in [6, 6.07) is 0. The first-order chi connectivity index (χ1) is 23.1. The van der Waals surface area contributed by atoms with Crippen LogP contribution in [-0.4, -0.2) is 184 Å². The van der Waals surface area contributed by atoms with Gasteiger partial charge in [-0.05, 0) is 39.3 Å². The number of rotatable bonds is 0. The Hall–Kier alpha value is 0.0506. The van der Waals surface area contributed by atoms with Crippen LogP contribution in [0.3, 0.4) is 0 Å². The molecule has 0 bridgehead atoms. The van der Waals surface area contributed by atoms with Gasteiger partial charge in [-0.25, -0.2) is 0 Å². The van der Waals surface area contributed by atoms with Crippen LogP contribution in [0.2, 0.25) is 39.3 Å². The zero-order valence-electron chi connectivity index (χ0n) is 30.6. The molecule has 0 unspecified atom stereocenters. The minimum Gasteiger partial charge on any atom is -0.392 e. The highest BCUT2D eigenvalue weighted by Crippen LogP contribution is 2.08. The summed E-state index contributed by atoms with van der Waals surface area (Å²) in [6.45, 7) is 26.5. The average Bonchev–Trinajstić information content (AvgIpc) is 3.08. The topological polar surface area (TPSA) is 138 Å². The van der Waals surface area contributed by atoms with Gasteiger partial charge in [0.15, 0.2) is 0 Å². The van der Waals surface area contributed by atoms with Crippen molar-refractivity contribution in [2.24, 2.45) is 0 Å². The minimum atomic E-state index is -2.05. The fraction of sp³-hybridized carbons (Fsp3) is 1.00. The predicted octanol–water partition coefficient (Wildman–Crippen LogP) is 2.35. The Balaban J connectivity index is 0.000000366. The van der Waals surface area contributed by atoms with Crippen LogP contribution in [0.15, 0.2) is 0 Å². The molecule has 0 radical (unpaired) electrons. The third kappa shape index (κ3) is 32.0. The lowest BCUT2D eigenvalue weighted by molar-refractivity contribution is -0.00682. The molecule has 18 heteroatoms. The van der Waals surface area contributed by atoms with Crippen LogP contribution >= 0.6 is 0 Å². The molecule has 0 N–H and O–H groups in total. The summed E-state index contributed by atoms with van der Waals surface area (Å²) in [6.07, 6.45) is 0. The van der Waals surface area contributed by atoms with Crippen molar-refractivity contribution in [3.8, 4) is 0 Å². The van der Waals surface area contributed by atoms with Crippen molar-refractivity contribution in [2.75, 3.05) is 159 Å². The van der Waals surface area contributed by atoms with Crippen molar-refractivity contribution in [2.45, 2.75) is 39.3 Å². The van der Waals surface area contributed by atoms with Crippen molar-refractivity contribution in [1.82, 2.24) is 0 Å². The molecule has 3 aliphatic rings. The van der Waals surface area contributed by atoms with Crippen LogP contribution in [0.1, 0.15) is 0 Å². The first-order valence-corrected chi connectivity index (χ1v) is 25.6. The maximum Gasteiger partial charge on any atom is 0.331 e. The summed E-state index contributed by atoms with van der Waals surface area (Å²) >= 11 is 0. The van der Waals surface area contributed by atoms with Gasteiger partial charge in [0.25, 0.3) is 0 Å². The van der Waals surface area contributed by atoms with E-state index in [9.17, 15) is 0 Å². The molecule has 3 rings (SSSR count). The van der Waals surface area contributed by atoms with Crippen molar-refractivity contribution in [3.05, 3.63) is 0 Å². The second-order valence-corrected chi connectivity index (χ2v) is 21.9. The maximum atomic E-state index is 5.73. The zero-order valence-corrected chi connectivity index (χ0v) is 33.6. The van der Waals surface area contributed by atoms with E-state index in [1.54, 1.807) is 0 Å². The van der Waals surface area contributed by atoms with Gasteiger partial charge < -0.3 is 69.2 Å². The predicted molar refractivity (Wildman–Crippen MR) is 186 cm³/mol. The van der Waals surface area contributed by atoms with Gasteiger partial charge in [-0.3, -0.25) is 0 Å². The molecule has 15 nitrogen and oxygen atoms in total. The molecule has 3 aliphatic heterocycles. The van der Waals surface area contributed by atoms with Crippen LogP contribution < -0.4 is 0 Å². The van der Waals surface area contributed by atoms with Gasteiger partial charge in [0.1, 0.15) is 0 Å². The Morgan fingerprint density at radius 3 is 0.417 bits per heavy atom. The molecule has 0 amide bonds.